The lowest BCUT2D eigenvalue weighted by atomic mass is 9.87. The largest absolute Gasteiger partial charge is 0.351 e. The summed E-state index contributed by atoms with van der Waals surface area (Å²) < 4.78 is 0.990. The molecule has 0 unspecified atom stereocenters. The number of carbonyl (C=O) groups excluding carboxylic acids is 1. The summed E-state index contributed by atoms with van der Waals surface area (Å²) in [6.45, 7) is 6.35. The first kappa shape index (κ1) is 14.2. The van der Waals surface area contributed by atoms with Gasteiger partial charge in [0.05, 0.1) is 6.04 Å². The maximum atomic E-state index is 11.8. The van der Waals surface area contributed by atoms with Gasteiger partial charge in [-0.15, -0.1) is 0 Å². The van der Waals surface area contributed by atoms with E-state index in [1.807, 2.05) is 45.0 Å². The van der Waals surface area contributed by atoms with E-state index in [4.69, 9.17) is 5.73 Å². The van der Waals surface area contributed by atoms with E-state index in [0.717, 1.165) is 10.0 Å². The van der Waals surface area contributed by atoms with Crippen molar-refractivity contribution in [1.29, 1.82) is 0 Å². The summed E-state index contributed by atoms with van der Waals surface area (Å²) in [5.74, 6) is -0.117. The Morgan fingerprint density at radius 1 is 1.41 bits per heavy atom. The molecule has 1 aromatic carbocycles. The SMILES string of the molecule is CC(C)(C)[C@H](N)C(=O)NCc1ccccc1Br. The lowest BCUT2D eigenvalue weighted by Crippen LogP contribution is -2.48. The van der Waals surface area contributed by atoms with E-state index in [-0.39, 0.29) is 11.3 Å². The molecular weight excluding hydrogens is 280 g/mol. The van der Waals surface area contributed by atoms with E-state index in [0.29, 0.717) is 6.54 Å². The van der Waals surface area contributed by atoms with Gasteiger partial charge in [-0.05, 0) is 17.0 Å². The molecule has 0 fully saturated rings. The fraction of sp³-hybridized carbons (Fsp3) is 0.462. The van der Waals surface area contributed by atoms with E-state index < -0.39 is 6.04 Å². The third kappa shape index (κ3) is 4.13. The molecule has 0 aliphatic heterocycles. The van der Waals surface area contributed by atoms with Crippen LogP contribution in [0.1, 0.15) is 26.3 Å². The molecule has 3 nitrogen and oxygen atoms in total. The van der Waals surface area contributed by atoms with Gasteiger partial charge in [0.1, 0.15) is 0 Å². The summed E-state index contributed by atoms with van der Waals surface area (Å²) in [5, 5.41) is 2.85. The molecule has 1 atom stereocenters. The van der Waals surface area contributed by atoms with Crippen LogP contribution in [0.3, 0.4) is 0 Å². The maximum Gasteiger partial charge on any atom is 0.237 e. The third-order valence-corrected chi connectivity index (χ3v) is 3.40. The number of benzene rings is 1. The zero-order chi connectivity index (χ0) is 13.1. The van der Waals surface area contributed by atoms with Gasteiger partial charge in [-0.3, -0.25) is 4.79 Å². The smallest absolute Gasteiger partial charge is 0.237 e. The molecule has 1 amide bonds. The van der Waals surface area contributed by atoms with Crippen LogP contribution >= 0.6 is 15.9 Å². The van der Waals surface area contributed by atoms with Gasteiger partial charge in [-0.1, -0.05) is 54.9 Å². The lowest BCUT2D eigenvalue weighted by molar-refractivity contribution is -0.124. The van der Waals surface area contributed by atoms with Crippen LogP contribution in [-0.2, 0) is 11.3 Å². The molecule has 0 radical (unpaired) electrons. The molecule has 0 spiro atoms. The van der Waals surface area contributed by atoms with Crippen LogP contribution in [0.5, 0.6) is 0 Å². The molecule has 0 aliphatic rings. The monoisotopic (exact) mass is 298 g/mol. The van der Waals surface area contributed by atoms with Crippen LogP contribution in [0.4, 0.5) is 0 Å². The van der Waals surface area contributed by atoms with Gasteiger partial charge in [-0.2, -0.15) is 0 Å². The van der Waals surface area contributed by atoms with E-state index >= 15 is 0 Å². The number of hydrogen-bond acceptors (Lipinski definition) is 2. The van der Waals surface area contributed by atoms with E-state index in [2.05, 4.69) is 21.2 Å². The van der Waals surface area contributed by atoms with Crippen molar-refractivity contribution in [1.82, 2.24) is 5.32 Å². The second-order valence-corrected chi connectivity index (χ2v) is 6.01. The highest BCUT2D eigenvalue weighted by Gasteiger charge is 2.27. The van der Waals surface area contributed by atoms with Crippen LogP contribution in [0.15, 0.2) is 28.7 Å². The molecule has 1 rings (SSSR count). The average molecular weight is 299 g/mol. The summed E-state index contributed by atoms with van der Waals surface area (Å²) in [4.78, 5) is 11.8. The van der Waals surface area contributed by atoms with Crippen molar-refractivity contribution in [2.24, 2.45) is 11.1 Å². The minimum absolute atomic E-state index is 0.117. The van der Waals surface area contributed by atoms with E-state index in [1.54, 1.807) is 0 Å². The Hall–Kier alpha value is -0.870. The number of halogens is 1. The first-order chi connectivity index (χ1) is 7.82. The second kappa shape index (κ2) is 5.65. The molecule has 4 heteroatoms. The number of carbonyl (C=O) groups is 1. The van der Waals surface area contributed by atoms with E-state index in [9.17, 15) is 4.79 Å². The van der Waals surface area contributed by atoms with Crippen molar-refractivity contribution >= 4 is 21.8 Å². The van der Waals surface area contributed by atoms with E-state index in [1.165, 1.54) is 0 Å². The van der Waals surface area contributed by atoms with Crippen molar-refractivity contribution in [2.45, 2.75) is 33.4 Å². The van der Waals surface area contributed by atoms with Crippen LogP contribution < -0.4 is 11.1 Å². The predicted octanol–water partition coefficient (Wildman–Crippen LogP) is 2.44. The quantitative estimate of drug-likeness (QED) is 0.900. The number of hydrogen-bond donors (Lipinski definition) is 2. The third-order valence-electron chi connectivity index (χ3n) is 2.63. The molecule has 3 N–H and O–H groups in total. The number of rotatable bonds is 3. The van der Waals surface area contributed by atoms with Gasteiger partial charge in [0.15, 0.2) is 0 Å². The average Bonchev–Trinajstić information content (AvgIpc) is 2.25. The molecule has 0 saturated carbocycles. The predicted molar refractivity (Wildman–Crippen MR) is 73.4 cm³/mol. The van der Waals surface area contributed by atoms with Crippen molar-refractivity contribution in [3.63, 3.8) is 0 Å². The van der Waals surface area contributed by atoms with Crippen LogP contribution in [-0.4, -0.2) is 11.9 Å². The first-order valence-corrected chi connectivity index (χ1v) is 6.38. The van der Waals surface area contributed by atoms with Gasteiger partial charge in [0, 0.05) is 11.0 Å². The fourth-order valence-corrected chi connectivity index (χ4v) is 1.75. The minimum atomic E-state index is -0.495. The summed E-state index contributed by atoms with van der Waals surface area (Å²) in [6, 6.07) is 7.30. The zero-order valence-corrected chi connectivity index (χ0v) is 12.0. The molecule has 0 aromatic heterocycles. The molecule has 17 heavy (non-hydrogen) atoms. The van der Waals surface area contributed by atoms with Crippen LogP contribution in [0.2, 0.25) is 0 Å². The molecular formula is C13H19BrN2O. The number of amides is 1. The molecule has 0 aliphatic carbocycles. The summed E-state index contributed by atoms with van der Waals surface area (Å²) in [5.41, 5.74) is 6.69. The second-order valence-electron chi connectivity index (χ2n) is 5.15. The molecule has 94 valence electrons. The zero-order valence-electron chi connectivity index (χ0n) is 10.5. The molecule has 0 heterocycles. The van der Waals surface area contributed by atoms with Crippen molar-refractivity contribution < 1.29 is 4.79 Å². The molecule has 0 saturated heterocycles. The summed E-state index contributed by atoms with van der Waals surface area (Å²) in [7, 11) is 0. The van der Waals surface area contributed by atoms with Crippen molar-refractivity contribution in [2.75, 3.05) is 0 Å². The Morgan fingerprint density at radius 2 is 2.00 bits per heavy atom. The Balaban J connectivity index is 2.58. The van der Waals surface area contributed by atoms with Crippen LogP contribution in [0, 0.1) is 5.41 Å². The summed E-state index contributed by atoms with van der Waals surface area (Å²) >= 11 is 3.44. The van der Waals surface area contributed by atoms with Crippen molar-refractivity contribution in [3.8, 4) is 0 Å². The van der Waals surface area contributed by atoms with Gasteiger partial charge in [0.25, 0.3) is 0 Å². The topological polar surface area (TPSA) is 55.1 Å². The van der Waals surface area contributed by atoms with Crippen LogP contribution in [0.25, 0.3) is 0 Å². The van der Waals surface area contributed by atoms with Gasteiger partial charge < -0.3 is 11.1 Å². The molecule has 0 bridgehead atoms. The lowest BCUT2D eigenvalue weighted by Gasteiger charge is -2.25. The highest BCUT2D eigenvalue weighted by Crippen LogP contribution is 2.18. The first-order valence-electron chi connectivity index (χ1n) is 5.59. The minimum Gasteiger partial charge on any atom is -0.351 e. The summed E-state index contributed by atoms with van der Waals surface area (Å²) in [6.07, 6.45) is 0. The standard InChI is InChI=1S/C13H19BrN2O/c1-13(2,3)11(15)12(17)16-8-9-6-4-5-7-10(9)14/h4-7,11H,8,15H2,1-3H3,(H,16,17)/t11-/m1/s1. The Labute approximate surface area is 111 Å². The van der Waals surface area contributed by atoms with Gasteiger partial charge in [-0.25, -0.2) is 0 Å². The Bertz CT molecular complexity index is 399. The number of nitrogens with one attached hydrogen (secondary N) is 1. The highest BCUT2D eigenvalue weighted by molar-refractivity contribution is 9.10. The highest BCUT2D eigenvalue weighted by atomic mass is 79.9. The Kier molecular flexibility index (Phi) is 4.71. The van der Waals surface area contributed by atoms with Crippen molar-refractivity contribution in [3.05, 3.63) is 34.3 Å². The molecule has 1 aromatic rings. The number of nitrogens with two attached hydrogens (primary N) is 1. The van der Waals surface area contributed by atoms with Gasteiger partial charge >= 0.3 is 0 Å². The normalized spacial score (nSPS) is 13.2. The Morgan fingerprint density at radius 3 is 2.53 bits per heavy atom. The maximum absolute atomic E-state index is 11.8. The fourth-order valence-electron chi connectivity index (χ4n) is 1.33. The van der Waals surface area contributed by atoms with Gasteiger partial charge in [0.2, 0.25) is 5.91 Å².